The van der Waals surface area contributed by atoms with E-state index in [1.165, 1.54) is 11.8 Å². The topological polar surface area (TPSA) is 104 Å². The van der Waals surface area contributed by atoms with Crippen LogP contribution in [0.4, 0.5) is 16.2 Å². The second kappa shape index (κ2) is 11.8. The van der Waals surface area contributed by atoms with E-state index in [9.17, 15) is 9.59 Å². The van der Waals surface area contributed by atoms with Gasteiger partial charge in [0.2, 0.25) is 0 Å². The third-order valence-corrected chi connectivity index (χ3v) is 5.28. The number of urea groups is 1. The SMILES string of the molecule is Cc1ccc(CNNC(=O)c2cc(Oc3ccc(NC(=O)Nc4ccc(Cl)cc4)cc3)ccn2)cc1. The van der Waals surface area contributed by atoms with Crippen LogP contribution in [0.1, 0.15) is 21.6 Å². The van der Waals surface area contributed by atoms with Crippen molar-refractivity contribution in [2.24, 2.45) is 0 Å². The maximum atomic E-state index is 12.4. The second-order valence-electron chi connectivity index (χ2n) is 7.88. The summed E-state index contributed by atoms with van der Waals surface area (Å²) >= 11 is 5.85. The van der Waals surface area contributed by atoms with Crippen molar-refractivity contribution in [3.05, 3.63) is 113 Å². The number of aryl methyl sites for hydroxylation is 1. The fourth-order valence-electron chi connectivity index (χ4n) is 3.16. The Kier molecular flexibility index (Phi) is 8.12. The Labute approximate surface area is 213 Å². The Morgan fingerprint density at radius 3 is 2.14 bits per heavy atom. The normalized spacial score (nSPS) is 10.4. The van der Waals surface area contributed by atoms with Crippen LogP contribution in [0.2, 0.25) is 5.02 Å². The summed E-state index contributed by atoms with van der Waals surface area (Å²) in [5.74, 6) is 0.613. The zero-order valence-corrected chi connectivity index (χ0v) is 20.2. The number of ether oxygens (including phenoxy) is 1. The van der Waals surface area contributed by atoms with Crippen LogP contribution >= 0.6 is 11.6 Å². The molecule has 8 nitrogen and oxygen atoms in total. The quantitative estimate of drug-likeness (QED) is 0.224. The van der Waals surface area contributed by atoms with Gasteiger partial charge in [0.15, 0.2) is 0 Å². The van der Waals surface area contributed by atoms with E-state index in [-0.39, 0.29) is 17.6 Å². The third-order valence-electron chi connectivity index (χ3n) is 5.03. The lowest BCUT2D eigenvalue weighted by Gasteiger charge is -2.10. The van der Waals surface area contributed by atoms with Crippen molar-refractivity contribution in [3.63, 3.8) is 0 Å². The van der Waals surface area contributed by atoms with Crippen LogP contribution in [0.15, 0.2) is 91.1 Å². The van der Waals surface area contributed by atoms with Crippen molar-refractivity contribution < 1.29 is 14.3 Å². The summed E-state index contributed by atoms with van der Waals surface area (Å²) in [6.45, 7) is 2.51. The molecule has 0 aliphatic heterocycles. The Bertz CT molecular complexity index is 1330. The molecule has 0 saturated heterocycles. The molecule has 0 bridgehead atoms. The first-order valence-electron chi connectivity index (χ1n) is 11.1. The molecule has 4 aromatic rings. The van der Waals surface area contributed by atoms with Gasteiger partial charge in [-0.15, -0.1) is 0 Å². The van der Waals surface area contributed by atoms with Crippen LogP contribution in [0.3, 0.4) is 0 Å². The number of nitrogens with one attached hydrogen (secondary N) is 4. The van der Waals surface area contributed by atoms with E-state index in [0.717, 1.165) is 5.56 Å². The van der Waals surface area contributed by atoms with Crippen molar-refractivity contribution in [2.75, 3.05) is 10.6 Å². The molecule has 4 N–H and O–H groups in total. The van der Waals surface area contributed by atoms with E-state index < -0.39 is 0 Å². The van der Waals surface area contributed by atoms with Crippen LogP contribution in [-0.4, -0.2) is 16.9 Å². The molecular weight excluding hydrogens is 478 g/mol. The number of benzene rings is 3. The Balaban J connectivity index is 1.28. The molecule has 182 valence electrons. The van der Waals surface area contributed by atoms with E-state index in [1.807, 2.05) is 31.2 Å². The van der Waals surface area contributed by atoms with Gasteiger partial charge in [0.1, 0.15) is 17.2 Å². The number of hydrogen-bond donors (Lipinski definition) is 4. The van der Waals surface area contributed by atoms with E-state index in [4.69, 9.17) is 16.3 Å². The molecule has 1 aromatic heterocycles. The third kappa shape index (κ3) is 7.30. The lowest BCUT2D eigenvalue weighted by molar-refractivity contribution is 0.0927. The monoisotopic (exact) mass is 501 g/mol. The minimum atomic E-state index is -0.383. The molecule has 9 heteroatoms. The van der Waals surface area contributed by atoms with E-state index in [2.05, 4.69) is 26.5 Å². The van der Waals surface area contributed by atoms with Crippen LogP contribution < -0.4 is 26.2 Å². The van der Waals surface area contributed by atoms with Gasteiger partial charge >= 0.3 is 6.03 Å². The average Bonchev–Trinajstić information content (AvgIpc) is 2.88. The molecule has 0 spiro atoms. The van der Waals surface area contributed by atoms with Crippen molar-refractivity contribution >= 4 is 34.9 Å². The highest BCUT2D eigenvalue weighted by Gasteiger charge is 2.09. The van der Waals surface area contributed by atoms with Gasteiger partial charge in [-0.1, -0.05) is 41.4 Å². The Morgan fingerprint density at radius 2 is 1.47 bits per heavy atom. The lowest BCUT2D eigenvalue weighted by atomic mass is 10.1. The molecule has 4 rings (SSSR count). The molecular formula is C27H24ClN5O3. The van der Waals surface area contributed by atoms with Gasteiger partial charge in [-0.25, -0.2) is 10.2 Å². The fourth-order valence-corrected chi connectivity index (χ4v) is 3.29. The fraction of sp³-hybridized carbons (Fsp3) is 0.0741. The van der Waals surface area contributed by atoms with E-state index in [1.54, 1.807) is 60.7 Å². The predicted molar refractivity (Wildman–Crippen MR) is 140 cm³/mol. The van der Waals surface area contributed by atoms with Gasteiger partial charge in [-0.2, -0.15) is 0 Å². The van der Waals surface area contributed by atoms with Gasteiger partial charge in [-0.3, -0.25) is 15.2 Å². The minimum absolute atomic E-state index is 0.209. The number of hydrogen-bond acceptors (Lipinski definition) is 5. The number of carbonyl (C=O) groups excluding carboxylic acids is 2. The minimum Gasteiger partial charge on any atom is -0.457 e. The number of aromatic nitrogens is 1. The number of nitrogens with zero attached hydrogens (tertiary/aromatic N) is 1. The van der Waals surface area contributed by atoms with Gasteiger partial charge < -0.3 is 15.4 Å². The van der Waals surface area contributed by atoms with Crippen molar-refractivity contribution in [1.82, 2.24) is 15.8 Å². The molecule has 0 fully saturated rings. The van der Waals surface area contributed by atoms with Crippen LogP contribution in [-0.2, 0) is 6.54 Å². The van der Waals surface area contributed by atoms with Gasteiger partial charge in [0.25, 0.3) is 5.91 Å². The van der Waals surface area contributed by atoms with Crippen LogP contribution in [0, 0.1) is 6.92 Å². The molecule has 1 heterocycles. The number of anilines is 2. The van der Waals surface area contributed by atoms with Crippen LogP contribution in [0.5, 0.6) is 11.5 Å². The molecule has 0 radical (unpaired) electrons. The van der Waals surface area contributed by atoms with Crippen molar-refractivity contribution in [3.8, 4) is 11.5 Å². The molecule has 0 saturated carbocycles. The number of pyridine rings is 1. The first kappa shape index (κ1) is 24.7. The summed E-state index contributed by atoms with van der Waals surface area (Å²) in [7, 11) is 0. The Hall–Kier alpha value is -4.40. The first-order valence-corrected chi connectivity index (χ1v) is 11.5. The zero-order valence-electron chi connectivity index (χ0n) is 19.4. The maximum Gasteiger partial charge on any atom is 0.323 e. The highest BCUT2D eigenvalue weighted by atomic mass is 35.5. The number of rotatable bonds is 8. The van der Waals surface area contributed by atoms with E-state index >= 15 is 0 Å². The number of hydrazine groups is 1. The average molecular weight is 502 g/mol. The standard InChI is InChI=1S/C27H24ClN5O3/c1-18-2-4-19(5-3-18)17-30-33-26(34)25-16-24(14-15-29-25)36-23-12-10-22(11-13-23)32-27(35)31-21-8-6-20(28)7-9-21/h2-16,30H,17H2,1H3,(H,33,34)(H2,31,32,35). The molecule has 3 aromatic carbocycles. The summed E-state index contributed by atoms with van der Waals surface area (Å²) in [6, 6.07) is 24.5. The first-order chi connectivity index (χ1) is 17.4. The molecule has 0 aliphatic rings. The van der Waals surface area contributed by atoms with E-state index in [0.29, 0.717) is 34.4 Å². The maximum absolute atomic E-state index is 12.4. The van der Waals surface area contributed by atoms with Crippen molar-refractivity contribution in [2.45, 2.75) is 13.5 Å². The van der Waals surface area contributed by atoms with Gasteiger partial charge in [0, 0.05) is 35.2 Å². The van der Waals surface area contributed by atoms with Crippen LogP contribution in [0.25, 0.3) is 0 Å². The summed E-state index contributed by atoms with van der Waals surface area (Å²) < 4.78 is 5.84. The molecule has 3 amide bonds. The number of carbonyl (C=O) groups is 2. The Morgan fingerprint density at radius 1 is 0.833 bits per heavy atom. The molecule has 0 unspecified atom stereocenters. The highest BCUT2D eigenvalue weighted by molar-refractivity contribution is 6.30. The summed E-state index contributed by atoms with van der Waals surface area (Å²) in [6.07, 6.45) is 1.50. The summed E-state index contributed by atoms with van der Waals surface area (Å²) in [5.41, 5.74) is 9.18. The largest absolute Gasteiger partial charge is 0.457 e. The van der Waals surface area contributed by atoms with Gasteiger partial charge in [0.05, 0.1) is 0 Å². The lowest BCUT2D eigenvalue weighted by Crippen LogP contribution is -2.37. The van der Waals surface area contributed by atoms with Crippen molar-refractivity contribution in [1.29, 1.82) is 0 Å². The second-order valence-corrected chi connectivity index (χ2v) is 8.32. The van der Waals surface area contributed by atoms with Gasteiger partial charge in [-0.05, 0) is 67.1 Å². The molecule has 36 heavy (non-hydrogen) atoms. The number of amides is 3. The number of halogens is 1. The predicted octanol–water partition coefficient (Wildman–Crippen LogP) is 5.91. The zero-order chi connectivity index (χ0) is 25.3. The smallest absolute Gasteiger partial charge is 0.323 e. The summed E-state index contributed by atoms with van der Waals surface area (Å²) in [5, 5.41) is 6.06. The molecule has 0 atom stereocenters. The highest BCUT2D eigenvalue weighted by Crippen LogP contribution is 2.23. The molecule has 0 aliphatic carbocycles. The summed E-state index contributed by atoms with van der Waals surface area (Å²) in [4.78, 5) is 28.7.